The molecule has 2 fully saturated rings. The van der Waals surface area contributed by atoms with E-state index in [1.165, 1.54) is 19.0 Å². The predicted octanol–water partition coefficient (Wildman–Crippen LogP) is 5.17. The van der Waals surface area contributed by atoms with Crippen LogP contribution in [-0.2, 0) is 0 Å². The van der Waals surface area contributed by atoms with Crippen molar-refractivity contribution < 1.29 is 23.0 Å². The molecule has 2 aliphatic rings. The zero-order chi connectivity index (χ0) is 28.8. The molecule has 1 aliphatic carbocycles. The minimum Gasteiger partial charge on any atom is -0.487 e. The quantitative estimate of drug-likeness (QED) is 0.266. The van der Waals surface area contributed by atoms with Crippen molar-refractivity contribution in [3.8, 4) is 23.1 Å². The van der Waals surface area contributed by atoms with Crippen LogP contribution >= 0.6 is 0 Å². The van der Waals surface area contributed by atoms with Gasteiger partial charge in [-0.05, 0) is 62.7 Å². The van der Waals surface area contributed by atoms with Gasteiger partial charge in [-0.2, -0.15) is 5.10 Å². The summed E-state index contributed by atoms with van der Waals surface area (Å²) in [6, 6.07) is 10.8. The number of hydrogen-bond acceptors (Lipinski definition) is 10. The van der Waals surface area contributed by atoms with E-state index >= 15 is 8.78 Å². The zero-order valence-electron chi connectivity index (χ0n) is 23.0. The molecule has 1 N–H and O–H groups in total. The first kappa shape index (κ1) is 26.3. The van der Waals surface area contributed by atoms with E-state index in [0.29, 0.717) is 52.0 Å². The van der Waals surface area contributed by atoms with Crippen LogP contribution in [0.3, 0.4) is 0 Å². The van der Waals surface area contributed by atoms with Gasteiger partial charge >= 0.3 is 0 Å². The third-order valence-electron chi connectivity index (χ3n) is 7.32. The third kappa shape index (κ3) is 5.22. The van der Waals surface area contributed by atoms with Crippen molar-refractivity contribution in [3.63, 3.8) is 0 Å². The van der Waals surface area contributed by atoms with E-state index in [1.54, 1.807) is 34.7 Å². The second-order valence-corrected chi connectivity index (χ2v) is 10.7. The van der Waals surface area contributed by atoms with Crippen LogP contribution in [0.4, 0.5) is 20.3 Å². The third-order valence-corrected chi connectivity index (χ3v) is 7.32. The van der Waals surface area contributed by atoms with Crippen LogP contribution in [0, 0.1) is 6.92 Å². The van der Waals surface area contributed by atoms with Gasteiger partial charge in [-0.25, -0.2) is 33.2 Å². The molecular formula is C29H28F2N8O3. The SMILES string of the molecule is Cc1cc(Nc2ncnc3ccc(OC4CC4)c(O[C@H]4CCN(C)CC4(F)F)c23)ccc1Oc1cc2ncnn2cn1. The van der Waals surface area contributed by atoms with E-state index in [4.69, 9.17) is 14.2 Å². The standard InChI is InChI=1S/C29H28F2N8O3/c1-17-11-18(3-7-21(17)41-25-12-24-33-15-36-39(24)16-35-25)37-28-26-20(32-14-34-28)6-8-22(40-19-4-5-19)27(26)42-23-9-10-38(2)13-29(23,30)31/h3,6-8,11-12,14-16,19,23H,4-5,9-10,13H2,1-2H3,(H,32,34,37)/t23-/m0/s1. The van der Waals surface area contributed by atoms with Gasteiger partial charge in [0, 0.05) is 24.7 Å². The largest absolute Gasteiger partial charge is 0.487 e. The van der Waals surface area contributed by atoms with E-state index in [-0.39, 0.29) is 24.8 Å². The van der Waals surface area contributed by atoms with Crippen LogP contribution < -0.4 is 19.5 Å². The molecule has 0 amide bonds. The van der Waals surface area contributed by atoms with Crippen LogP contribution in [0.1, 0.15) is 24.8 Å². The molecule has 5 aromatic rings. The molecular weight excluding hydrogens is 546 g/mol. The lowest BCUT2D eigenvalue weighted by atomic mass is 10.0. The molecule has 1 saturated carbocycles. The highest BCUT2D eigenvalue weighted by atomic mass is 19.3. The summed E-state index contributed by atoms with van der Waals surface area (Å²) in [6.45, 7) is 2.03. The highest BCUT2D eigenvalue weighted by molar-refractivity contribution is 5.97. The molecule has 13 heteroatoms. The number of piperidine rings is 1. The summed E-state index contributed by atoms with van der Waals surface area (Å²) in [7, 11) is 1.68. The average Bonchev–Trinajstić information content (AvgIpc) is 3.65. The lowest BCUT2D eigenvalue weighted by Gasteiger charge is -2.36. The Hall–Kier alpha value is -4.65. The molecule has 0 spiro atoms. The van der Waals surface area contributed by atoms with Gasteiger partial charge in [-0.15, -0.1) is 0 Å². The van der Waals surface area contributed by atoms with Crippen molar-refractivity contribution >= 4 is 28.1 Å². The molecule has 216 valence electrons. The summed E-state index contributed by atoms with van der Waals surface area (Å²) in [5.41, 5.74) is 2.72. The molecule has 4 heterocycles. The fraction of sp³-hybridized carbons (Fsp3) is 0.345. The Morgan fingerprint density at radius 3 is 2.62 bits per heavy atom. The van der Waals surface area contributed by atoms with Crippen LogP contribution in [0.25, 0.3) is 16.6 Å². The number of rotatable bonds is 8. The van der Waals surface area contributed by atoms with Crippen LogP contribution in [0.5, 0.6) is 23.1 Å². The Bertz CT molecular complexity index is 1780. The lowest BCUT2D eigenvalue weighted by Crippen LogP contribution is -2.52. The van der Waals surface area contributed by atoms with Gasteiger partial charge in [0.05, 0.1) is 23.6 Å². The Balaban J connectivity index is 1.21. The number of benzene rings is 2. The molecule has 0 bridgehead atoms. The van der Waals surface area contributed by atoms with Crippen molar-refractivity contribution in [1.29, 1.82) is 0 Å². The number of ether oxygens (including phenoxy) is 3. The lowest BCUT2D eigenvalue weighted by molar-refractivity contribution is -0.135. The molecule has 1 atom stereocenters. The maximum atomic E-state index is 15.1. The molecule has 1 aliphatic heterocycles. The first-order valence-corrected chi connectivity index (χ1v) is 13.7. The van der Waals surface area contributed by atoms with E-state index in [0.717, 1.165) is 18.4 Å². The van der Waals surface area contributed by atoms with Crippen LogP contribution in [0.15, 0.2) is 55.4 Å². The first-order chi connectivity index (χ1) is 20.3. The van der Waals surface area contributed by atoms with Gasteiger partial charge < -0.3 is 24.4 Å². The normalized spacial score (nSPS) is 18.7. The minimum absolute atomic E-state index is 0.0407. The number of aromatic nitrogens is 6. The van der Waals surface area contributed by atoms with Crippen molar-refractivity contribution in [2.45, 2.75) is 44.3 Å². The van der Waals surface area contributed by atoms with Gasteiger partial charge in [0.25, 0.3) is 5.92 Å². The Morgan fingerprint density at radius 2 is 1.81 bits per heavy atom. The Labute approximate surface area is 239 Å². The predicted molar refractivity (Wildman–Crippen MR) is 150 cm³/mol. The molecule has 42 heavy (non-hydrogen) atoms. The van der Waals surface area contributed by atoms with Crippen molar-refractivity contribution in [1.82, 2.24) is 34.4 Å². The molecule has 3 aromatic heterocycles. The van der Waals surface area contributed by atoms with Crippen LogP contribution in [-0.4, -0.2) is 72.7 Å². The molecule has 0 unspecified atom stereocenters. The monoisotopic (exact) mass is 574 g/mol. The summed E-state index contributed by atoms with van der Waals surface area (Å²) in [6.07, 6.45) is 5.14. The topological polar surface area (TPSA) is 112 Å². The number of fused-ring (bicyclic) bond motifs is 2. The smallest absolute Gasteiger partial charge is 0.296 e. The van der Waals surface area contributed by atoms with Crippen molar-refractivity contribution in [2.24, 2.45) is 0 Å². The summed E-state index contributed by atoms with van der Waals surface area (Å²) < 4.78 is 50.0. The number of nitrogens with zero attached hydrogens (tertiary/aromatic N) is 7. The number of anilines is 2. The number of halogens is 2. The zero-order valence-corrected chi connectivity index (χ0v) is 23.0. The van der Waals surface area contributed by atoms with Crippen molar-refractivity contribution in [2.75, 3.05) is 25.5 Å². The molecule has 2 aromatic carbocycles. The van der Waals surface area contributed by atoms with Crippen molar-refractivity contribution in [3.05, 3.63) is 60.9 Å². The first-order valence-electron chi connectivity index (χ1n) is 13.7. The minimum atomic E-state index is -3.03. The summed E-state index contributed by atoms with van der Waals surface area (Å²) >= 11 is 0. The van der Waals surface area contributed by atoms with E-state index in [9.17, 15) is 0 Å². The number of aryl methyl sites for hydroxylation is 1. The highest BCUT2D eigenvalue weighted by Crippen LogP contribution is 2.44. The van der Waals surface area contributed by atoms with E-state index in [2.05, 4.69) is 30.4 Å². The molecule has 7 rings (SSSR count). The Kier molecular flexibility index (Phi) is 6.45. The fourth-order valence-electron chi connectivity index (χ4n) is 5.01. The second kappa shape index (κ2) is 10.3. The van der Waals surface area contributed by atoms with Crippen LogP contribution in [0.2, 0.25) is 0 Å². The highest BCUT2D eigenvalue weighted by Gasteiger charge is 2.46. The summed E-state index contributed by atoms with van der Waals surface area (Å²) in [5, 5.41) is 7.85. The van der Waals surface area contributed by atoms with E-state index < -0.39 is 12.0 Å². The van der Waals surface area contributed by atoms with Gasteiger partial charge in [0.2, 0.25) is 5.88 Å². The summed E-state index contributed by atoms with van der Waals surface area (Å²) in [4.78, 5) is 18.9. The Morgan fingerprint density at radius 1 is 0.952 bits per heavy atom. The molecule has 11 nitrogen and oxygen atoms in total. The number of alkyl halides is 2. The van der Waals surface area contributed by atoms with Gasteiger partial charge in [-0.1, -0.05) is 0 Å². The van der Waals surface area contributed by atoms with E-state index in [1.807, 2.05) is 25.1 Å². The number of hydrogen-bond donors (Lipinski definition) is 1. The maximum absolute atomic E-state index is 15.1. The fourth-order valence-corrected chi connectivity index (χ4v) is 5.01. The van der Waals surface area contributed by atoms with Gasteiger partial charge in [0.1, 0.15) is 30.5 Å². The van der Waals surface area contributed by atoms with Gasteiger partial charge in [0.15, 0.2) is 23.3 Å². The maximum Gasteiger partial charge on any atom is 0.296 e. The average molecular weight is 575 g/mol. The number of likely N-dealkylation sites (tertiary alicyclic amines) is 1. The molecule has 1 saturated heterocycles. The summed E-state index contributed by atoms with van der Waals surface area (Å²) in [5.74, 6) is -0.984. The second-order valence-electron chi connectivity index (χ2n) is 10.7. The molecule has 0 radical (unpaired) electrons. The van der Waals surface area contributed by atoms with Gasteiger partial charge in [-0.3, -0.25) is 0 Å². The number of nitrogens with one attached hydrogen (secondary N) is 1.